The fourth-order valence-electron chi connectivity index (χ4n) is 2.21. The van der Waals surface area contributed by atoms with Gasteiger partial charge in [-0.05, 0) is 17.7 Å². The first-order valence-corrected chi connectivity index (χ1v) is 7.80. The number of benzene rings is 1. The molecule has 3 aromatic rings. The van der Waals surface area contributed by atoms with Crippen LogP contribution in [0.4, 0.5) is 0 Å². The topological polar surface area (TPSA) is 84.1 Å². The molecule has 0 bridgehead atoms. The molecule has 2 heterocycles. The van der Waals surface area contributed by atoms with Gasteiger partial charge in [0.15, 0.2) is 5.75 Å². The van der Waals surface area contributed by atoms with Gasteiger partial charge in [0.1, 0.15) is 12.3 Å². The van der Waals surface area contributed by atoms with Crippen LogP contribution in [0, 0.1) is 0 Å². The number of rotatable bonds is 6. The molecular formula is C19H17N3O3. The van der Waals surface area contributed by atoms with Crippen LogP contribution in [0.5, 0.6) is 5.75 Å². The van der Waals surface area contributed by atoms with Gasteiger partial charge in [-0.1, -0.05) is 36.4 Å². The standard InChI is InChI=1S/C19H17N3O3/c23-17-10-16(19(24)22-11-15-8-4-5-9-20-15)21-12-18(17)25-13-14-6-2-1-3-7-14/h1-10,12H,11,13H2,(H,21,23)(H,22,24). The van der Waals surface area contributed by atoms with Crippen molar-refractivity contribution in [1.82, 2.24) is 15.3 Å². The second-order valence-electron chi connectivity index (χ2n) is 5.35. The highest BCUT2D eigenvalue weighted by atomic mass is 16.5. The van der Waals surface area contributed by atoms with E-state index in [-0.39, 0.29) is 35.9 Å². The number of carbonyl (C=O) groups excluding carboxylic acids is 1. The van der Waals surface area contributed by atoms with Gasteiger partial charge in [0.25, 0.3) is 5.91 Å². The lowest BCUT2D eigenvalue weighted by Crippen LogP contribution is -2.25. The fraction of sp³-hybridized carbons (Fsp3) is 0.105. The minimum atomic E-state index is -0.377. The third-order valence-electron chi connectivity index (χ3n) is 3.52. The van der Waals surface area contributed by atoms with E-state index in [1.54, 1.807) is 12.3 Å². The highest BCUT2D eigenvalue weighted by Crippen LogP contribution is 2.07. The summed E-state index contributed by atoms with van der Waals surface area (Å²) in [5.74, 6) is -0.206. The van der Waals surface area contributed by atoms with Gasteiger partial charge in [-0.3, -0.25) is 14.6 Å². The Bertz CT molecular complexity index is 893. The molecule has 25 heavy (non-hydrogen) atoms. The third kappa shape index (κ3) is 4.54. The van der Waals surface area contributed by atoms with Crippen molar-refractivity contribution in [3.8, 4) is 5.75 Å². The van der Waals surface area contributed by atoms with E-state index in [0.717, 1.165) is 11.3 Å². The van der Waals surface area contributed by atoms with Gasteiger partial charge in [0.05, 0.1) is 12.2 Å². The van der Waals surface area contributed by atoms with Crippen LogP contribution in [0.3, 0.4) is 0 Å². The highest BCUT2D eigenvalue weighted by Gasteiger charge is 2.10. The molecule has 126 valence electrons. The van der Waals surface area contributed by atoms with Gasteiger partial charge < -0.3 is 15.0 Å². The number of aromatic nitrogens is 2. The van der Waals surface area contributed by atoms with Crippen molar-refractivity contribution in [2.75, 3.05) is 0 Å². The summed E-state index contributed by atoms with van der Waals surface area (Å²) < 4.78 is 5.50. The number of H-pyrrole nitrogens is 1. The number of aromatic amines is 1. The van der Waals surface area contributed by atoms with Crippen molar-refractivity contribution < 1.29 is 9.53 Å². The zero-order valence-corrected chi connectivity index (χ0v) is 13.4. The van der Waals surface area contributed by atoms with Gasteiger partial charge in [-0.15, -0.1) is 0 Å². The van der Waals surface area contributed by atoms with Crippen LogP contribution in [0.25, 0.3) is 0 Å². The monoisotopic (exact) mass is 335 g/mol. The predicted octanol–water partition coefficient (Wildman–Crippen LogP) is 2.28. The molecule has 0 saturated carbocycles. The van der Waals surface area contributed by atoms with Crippen LogP contribution in [-0.4, -0.2) is 15.9 Å². The summed E-state index contributed by atoms with van der Waals surface area (Å²) in [4.78, 5) is 31.1. The molecule has 2 N–H and O–H groups in total. The van der Waals surface area contributed by atoms with Gasteiger partial charge in [-0.25, -0.2) is 0 Å². The molecule has 3 rings (SSSR count). The molecule has 0 spiro atoms. The summed E-state index contributed by atoms with van der Waals surface area (Å²) in [6.07, 6.45) is 3.06. The lowest BCUT2D eigenvalue weighted by Gasteiger charge is -2.07. The maximum absolute atomic E-state index is 12.1. The van der Waals surface area contributed by atoms with Crippen molar-refractivity contribution >= 4 is 5.91 Å². The summed E-state index contributed by atoms with van der Waals surface area (Å²) in [6, 6.07) is 16.2. The van der Waals surface area contributed by atoms with Crippen molar-refractivity contribution in [3.05, 3.63) is 94.2 Å². The number of nitrogens with zero attached hydrogens (tertiary/aromatic N) is 1. The number of nitrogens with one attached hydrogen (secondary N) is 2. The first-order chi connectivity index (χ1) is 12.2. The predicted molar refractivity (Wildman–Crippen MR) is 93.2 cm³/mol. The Balaban J connectivity index is 1.61. The molecule has 2 aromatic heterocycles. The SMILES string of the molecule is O=C(NCc1ccccn1)c1cc(=O)c(OCc2ccccc2)c[nH]1. The minimum absolute atomic E-state index is 0.171. The molecule has 6 nitrogen and oxygen atoms in total. The van der Waals surface area contributed by atoms with E-state index in [0.29, 0.717) is 0 Å². The van der Waals surface area contributed by atoms with Crippen LogP contribution in [-0.2, 0) is 13.2 Å². The third-order valence-corrected chi connectivity index (χ3v) is 3.52. The average molecular weight is 335 g/mol. The Kier molecular flexibility index (Phi) is 5.21. The number of hydrogen-bond acceptors (Lipinski definition) is 4. The lowest BCUT2D eigenvalue weighted by atomic mass is 10.2. The molecule has 6 heteroatoms. The van der Waals surface area contributed by atoms with Gasteiger partial charge in [-0.2, -0.15) is 0 Å². The first kappa shape index (κ1) is 16.4. The second kappa shape index (κ2) is 7.92. The Morgan fingerprint density at radius 2 is 1.92 bits per heavy atom. The molecule has 0 radical (unpaired) electrons. The molecule has 0 aliphatic rings. The molecule has 0 saturated heterocycles. The maximum atomic E-state index is 12.1. The van der Waals surface area contributed by atoms with Gasteiger partial charge in [0, 0.05) is 18.5 Å². The van der Waals surface area contributed by atoms with E-state index in [2.05, 4.69) is 15.3 Å². The molecule has 0 atom stereocenters. The Morgan fingerprint density at radius 3 is 2.64 bits per heavy atom. The highest BCUT2D eigenvalue weighted by molar-refractivity contribution is 5.92. The molecule has 0 fully saturated rings. The van der Waals surface area contributed by atoms with E-state index >= 15 is 0 Å². The number of hydrogen-bond donors (Lipinski definition) is 2. The smallest absolute Gasteiger partial charge is 0.268 e. The average Bonchev–Trinajstić information content (AvgIpc) is 2.66. The summed E-state index contributed by atoms with van der Waals surface area (Å²) in [5.41, 5.74) is 1.52. The lowest BCUT2D eigenvalue weighted by molar-refractivity contribution is 0.0945. The number of ether oxygens (including phenoxy) is 1. The minimum Gasteiger partial charge on any atom is -0.483 e. The summed E-state index contributed by atoms with van der Waals surface area (Å²) in [6.45, 7) is 0.573. The van der Waals surface area contributed by atoms with Crippen molar-refractivity contribution in [3.63, 3.8) is 0 Å². The summed E-state index contributed by atoms with van der Waals surface area (Å²) in [7, 11) is 0. The Labute approximate surface area is 144 Å². The zero-order valence-electron chi connectivity index (χ0n) is 13.4. The van der Waals surface area contributed by atoms with E-state index < -0.39 is 0 Å². The van der Waals surface area contributed by atoms with Crippen LogP contribution < -0.4 is 15.5 Å². The molecule has 0 aliphatic heterocycles. The number of amides is 1. The molecular weight excluding hydrogens is 318 g/mol. The molecule has 1 amide bonds. The normalized spacial score (nSPS) is 10.2. The van der Waals surface area contributed by atoms with Gasteiger partial charge in [0.2, 0.25) is 5.43 Å². The Hall–Kier alpha value is -3.41. The van der Waals surface area contributed by atoms with E-state index in [1.165, 1.54) is 12.3 Å². The zero-order chi connectivity index (χ0) is 17.5. The van der Waals surface area contributed by atoms with E-state index in [1.807, 2.05) is 42.5 Å². The number of carbonyl (C=O) groups is 1. The molecule has 1 aromatic carbocycles. The Morgan fingerprint density at radius 1 is 1.12 bits per heavy atom. The summed E-state index contributed by atoms with van der Waals surface area (Å²) in [5, 5.41) is 2.71. The molecule has 0 unspecified atom stereocenters. The van der Waals surface area contributed by atoms with Crippen molar-refractivity contribution in [2.24, 2.45) is 0 Å². The van der Waals surface area contributed by atoms with Crippen molar-refractivity contribution in [1.29, 1.82) is 0 Å². The van der Waals surface area contributed by atoms with Gasteiger partial charge >= 0.3 is 0 Å². The van der Waals surface area contributed by atoms with Crippen LogP contribution in [0.2, 0.25) is 0 Å². The molecule has 0 aliphatic carbocycles. The second-order valence-corrected chi connectivity index (χ2v) is 5.35. The van der Waals surface area contributed by atoms with Crippen LogP contribution in [0.15, 0.2) is 71.8 Å². The van der Waals surface area contributed by atoms with Crippen LogP contribution in [0.1, 0.15) is 21.7 Å². The van der Waals surface area contributed by atoms with E-state index in [9.17, 15) is 9.59 Å². The van der Waals surface area contributed by atoms with E-state index in [4.69, 9.17) is 4.74 Å². The van der Waals surface area contributed by atoms with Crippen molar-refractivity contribution in [2.45, 2.75) is 13.2 Å². The first-order valence-electron chi connectivity index (χ1n) is 7.80. The fourth-order valence-corrected chi connectivity index (χ4v) is 2.21. The largest absolute Gasteiger partial charge is 0.483 e. The maximum Gasteiger partial charge on any atom is 0.268 e. The summed E-state index contributed by atoms with van der Waals surface area (Å²) >= 11 is 0. The quantitative estimate of drug-likeness (QED) is 0.724. The van der Waals surface area contributed by atoms with Crippen LogP contribution >= 0.6 is 0 Å². The number of pyridine rings is 2.